The van der Waals surface area contributed by atoms with Gasteiger partial charge in [0.15, 0.2) is 5.41 Å². The number of esters is 2. The van der Waals surface area contributed by atoms with Gasteiger partial charge in [-0.2, -0.15) is 0 Å². The van der Waals surface area contributed by atoms with E-state index in [1.807, 2.05) is 18.2 Å². The summed E-state index contributed by atoms with van der Waals surface area (Å²) in [4.78, 5) is 26.7. The van der Waals surface area contributed by atoms with Gasteiger partial charge in [-0.3, -0.25) is 9.59 Å². The lowest BCUT2D eigenvalue weighted by Gasteiger charge is -2.48. The summed E-state index contributed by atoms with van der Waals surface area (Å²) in [5.74, 6) is -0.992. The molecule has 1 atom stereocenters. The van der Waals surface area contributed by atoms with Gasteiger partial charge < -0.3 is 9.47 Å². The largest absolute Gasteiger partial charge is 0.468 e. The Labute approximate surface area is 183 Å². The summed E-state index contributed by atoms with van der Waals surface area (Å²) >= 11 is 0. The average molecular weight is 433 g/mol. The standard InChI is InChI=1S/C25H40O4Si/c1-17(2)30(18(3)4,19(5)6)16-22-14-13-20-11-9-10-12-21(20)15-25(22,23(26)28-7)24(27)29-8/h9-12,17-19,22H,13-16H2,1-8H3. The SMILES string of the molecule is COC(=O)C1(C(=O)OC)Cc2ccccc2CCC1C[Si](C(C)C)(C(C)C)C(C)C. The van der Waals surface area contributed by atoms with E-state index in [-0.39, 0.29) is 5.92 Å². The van der Waals surface area contributed by atoms with E-state index in [0.29, 0.717) is 23.0 Å². The number of aryl methyl sites for hydroxylation is 1. The van der Waals surface area contributed by atoms with Gasteiger partial charge in [0.2, 0.25) is 0 Å². The Morgan fingerprint density at radius 3 is 1.83 bits per heavy atom. The van der Waals surface area contributed by atoms with Crippen LogP contribution in [-0.2, 0) is 31.9 Å². The van der Waals surface area contributed by atoms with Gasteiger partial charge in [-0.05, 0) is 36.3 Å². The molecule has 0 aliphatic heterocycles. The van der Waals surface area contributed by atoms with Gasteiger partial charge >= 0.3 is 11.9 Å². The van der Waals surface area contributed by atoms with Crippen molar-refractivity contribution in [3.05, 3.63) is 35.4 Å². The van der Waals surface area contributed by atoms with Crippen molar-refractivity contribution in [2.75, 3.05) is 14.2 Å². The van der Waals surface area contributed by atoms with Crippen LogP contribution in [-0.4, -0.2) is 34.2 Å². The van der Waals surface area contributed by atoms with Crippen molar-refractivity contribution < 1.29 is 19.1 Å². The second-order valence-corrected chi connectivity index (χ2v) is 16.0. The third-order valence-electron chi connectivity index (χ3n) is 7.97. The van der Waals surface area contributed by atoms with Crippen molar-refractivity contribution >= 4 is 20.0 Å². The van der Waals surface area contributed by atoms with Crippen molar-refractivity contribution in [3.8, 4) is 0 Å². The highest BCUT2D eigenvalue weighted by molar-refractivity contribution is 6.83. The maximum Gasteiger partial charge on any atom is 0.323 e. The highest BCUT2D eigenvalue weighted by Crippen LogP contribution is 2.52. The lowest BCUT2D eigenvalue weighted by atomic mass is 9.71. The smallest absolute Gasteiger partial charge is 0.323 e. The number of carbonyl (C=O) groups excluding carboxylic acids is 2. The van der Waals surface area contributed by atoms with Crippen LogP contribution in [0.15, 0.2) is 24.3 Å². The van der Waals surface area contributed by atoms with E-state index in [0.717, 1.165) is 24.4 Å². The first-order chi connectivity index (χ1) is 14.1. The summed E-state index contributed by atoms with van der Waals surface area (Å²) in [5.41, 5.74) is 2.65. The minimum Gasteiger partial charge on any atom is -0.468 e. The molecule has 1 unspecified atom stereocenters. The first kappa shape index (κ1) is 24.6. The molecule has 1 aromatic carbocycles. The fourth-order valence-electron chi connectivity index (χ4n) is 6.33. The number of hydrogen-bond acceptors (Lipinski definition) is 4. The zero-order valence-electron chi connectivity index (χ0n) is 20.1. The van der Waals surface area contributed by atoms with Crippen LogP contribution in [0.25, 0.3) is 0 Å². The predicted octanol–water partition coefficient (Wildman–Crippen LogP) is 5.80. The van der Waals surface area contributed by atoms with Crippen LogP contribution in [0.3, 0.4) is 0 Å². The predicted molar refractivity (Wildman–Crippen MR) is 124 cm³/mol. The summed E-state index contributed by atoms with van der Waals surface area (Å²) in [5, 5.41) is 0. The van der Waals surface area contributed by atoms with Gasteiger partial charge in [0.05, 0.1) is 22.3 Å². The Hall–Kier alpha value is -1.62. The van der Waals surface area contributed by atoms with E-state index in [9.17, 15) is 9.59 Å². The van der Waals surface area contributed by atoms with Crippen molar-refractivity contribution in [3.63, 3.8) is 0 Å². The van der Waals surface area contributed by atoms with Crippen LogP contribution < -0.4 is 0 Å². The molecule has 1 aromatic rings. The Bertz CT molecular complexity index is 715. The topological polar surface area (TPSA) is 52.6 Å². The van der Waals surface area contributed by atoms with Crippen LogP contribution >= 0.6 is 0 Å². The molecule has 0 bridgehead atoms. The van der Waals surface area contributed by atoms with E-state index in [1.54, 1.807) is 0 Å². The number of methoxy groups -OCH3 is 2. The average Bonchev–Trinajstić information content (AvgIpc) is 2.87. The summed E-state index contributed by atoms with van der Waals surface area (Å²) in [6.07, 6.45) is 2.02. The highest BCUT2D eigenvalue weighted by Gasteiger charge is 2.58. The molecule has 1 aliphatic rings. The first-order valence-electron chi connectivity index (χ1n) is 11.3. The molecule has 0 aromatic heterocycles. The molecule has 2 rings (SSSR count). The number of rotatable bonds is 7. The molecule has 168 valence electrons. The second-order valence-electron chi connectivity index (χ2n) is 9.92. The summed E-state index contributed by atoms with van der Waals surface area (Å²) in [7, 11) is 0.913. The minimum absolute atomic E-state index is 0.0938. The molecule has 0 fully saturated rings. The van der Waals surface area contributed by atoms with E-state index in [4.69, 9.17) is 9.47 Å². The van der Waals surface area contributed by atoms with Crippen molar-refractivity contribution in [1.29, 1.82) is 0 Å². The molecule has 1 aliphatic carbocycles. The minimum atomic E-state index is -1.86. The summed E-state index contributed by atoms with van der Waals surface area (Å²) in [6.45, 7) is 14.0. The molecular weight excluding hydrogens is 392 g/mol. The maximum absolute atomic E-state index is 13.3. The van der Waals surface area contributed by atoms with Gasteiger partial charge in [0, 0.05) is 0 Å². The number of ether oxygens (including phenoxy) is 2. The summed E-state index contributed by atoms with van der Waals surface area (Å²) < 4.78 is 10.6. The van der Waals surface area contributed by atoms with Crippen LogP contribution in [0, 0.1) is 11.3 Å². The van der Waals surface area contributed by atoms with Crippen LogP contribution in [0.2, 0.25) is 22.7 Å². The van der Waals surface area contributed by atoms with Gasteiger partial charge in [-0.1, -0.05) is 88.5 Å². The molecule has 4 nitrogen and oxygen atoms in total. The third-order valence-corrected chi connectivity index (χ3v) is 15.6. The van der Waals surface area contributed by atoms with Gasteiger partial charge in [-0.25, -0.2) is 0 Å². The Morgan fingerprint density at radius 2 is 1.40 bits per heavy atom. The Balaban J connectivity index is 2.70. The van der Waals surface area contributed by atoms with E-state index < -0.39 is 25.4 Å². The zero-order valence-corrected chi connectivity index (χ0v) is 21.1. The maximum atomic E-state index is 13.3. The summed E-state index contributed by atoms with van der Waals surface area (Å²) in [6, 6.07) is 9.10. The fourth-order valence-corrected chi connectivity index (χ4v) is 13.2. The van der Waals surface area contributed by atoms with Crippen molar-refractivity contribution in [2.24, 2.45) is 11.3 Å². The Kier molecular flexibility index (Phi) is 7.95. The highest BCUT2D eigenvalue weighted by atomic mass is 28.3. The molecule has 0 saturated carbocycles. The van der Waals surface area contributed by atoms with E-state index in [2.05, 4.69) is 47.6 Å². The lowest BCUT2D eigenvalue weighted by Crippen LogP contribution is -2.54. The van der Waals surface area contributed by atoms with Crippen molar-refractivity contribution in [2.45, 2.75) is 83.5 Å². The molecule has 0 radical (unpaired) electrons. The molecule has 0 heterocycles. The molecular formula is C25H40O4Si. The molecule has 0 spiro atoms. The third kappa shape index (κ3) is 4.10. The van der Waals surface area contributed by atoms with Crippen LogP contribution in [0.1, 0.15) is 59.1 Å². The fraction of sp³-hybridized carbons (Fsp3) is 0.680. The van der Waals surface area contributed by atoms with E-state index in [1.165, 1.54) is 19.8 Å². The number of fused-ring (bicyclic) bond motifs is 1. The molecule has 0 N–H and O–H groups in total. The lowest BCUT2D eigenvalue weighted by molar-refractivity contribution is -0.173. The van der Waals surface area contributed by atoms with Crippen LogP contribution in [0.4, 0.5) is 0 Å². The van der Waals surface area contributed by atoms with Crippen LogP contribution in [0.5, 0.6) is 0 Å². The van der Waals surface area contributed by atoms with Gasteiger partial charge in [0.25, 0.3) is 0 Å². The Morgan fingerprint density at radius 1 is 0.933 bits per heavy atom. The zero-order chi connectivity index (χ0) is 22.7. The normalized spacial score (nSPS) is 18.8. The number of carbonyl (C=O) groups is 2. The molecule has 5 heteroatoms. The monoisotopic (exact) mass is 432 g/mol. The van der Waals surface area contributed by atoms with Gasteiger partial charge in [-0.15, -0.1) is 0 Å². The second kappa shape index (κ2) is 9.67. The number of hydrogen-bond donors (Lipinski definition) is 0. The first-order valence-corrected chi connectivity index (χ1v) is 13.7. The molecule has 0 saturated heterocycles. The number of benzene rings is 1. The van der Waals surface area contributed by atoms with Gasteiger partial charge in [0.1, 0.15) is 0 Å². The molecule has 30 heavy (non-hydrogen) atoms. The van der Waals surface area contributed by atoms with Crippen molar-refractivity contribution in [1.82, 2.24) is 0 Å². The molecule has 0 amide bonds. The van der Waals surface area contributed by atoms with E-state index >= 15 is 0 Å². The quantitative estimate of drug-likeness (QED) is 0.236.